The minimum atomic E-state index is -0.504. The fourth-order valence-electron chi connectivity index (χ4n) is 3.35. The van der Waals surface area contributed by atoms with E-state index in [0.29, 0.717) is 12.2 Å². The molecule has 5 heteroatoms. The molecule has 1 aliphatic carbocycles. The third kappa shape index (κ3) is 5.42. The van der Waals surface area contributed by atoms with Crippen molar-refractivity contribution in [3.63, 3.8) is 0 Å². The summed E-state index contributed by atoms with van der Waals surface area (Å²) in [5, 5.41) is 2.99. The first-order valence-corrected chi connectivity index (χ1v) is 9.78. The molecule has 28 heavy (non-hydrogen) atoms. The largest absolute Gasteiger partial charge is 0.452 e. The van der Waals surface area contributed by atoms with Gasteiger partial charge in [-0.25, -0.2) is 4.79 Å². The number of rotatable bonds is 7. The quantitative estimate of drug-likeness (QED) is 0.737. The van der Waals surface area contributed by atoms with Gasteiger partial charge in [0.05, 0.1) is 24.3 Å². The first kappa shape index (κ1) is 20.1. The lowest BCUT2D eigenvalue weighted by Gasteiger charge is -2.26. The van der Waals surface area contributed by atoms with Gasteiger partial charge in [-0.05, 0) is 61.9 Å². The second kappa shape index (κ2) is 9.51. The molecule has 0 bridgehead atoms. The van der Waals surface area contributed by atoms with Crippen molar-refractivity contribution in [3.05, 3.63) is 70.8 Å². The van der Waals surface area contributed by atoms with Crippen LogP contribution in [0, 0.1) is 0 Å². The van der Waals surface area contributed by atoms with Crippen molar-refractivity contribution >= 4 is 11.9 Å². The first-order chi connectivity index (χ1) is 13.5. The second-order valence-corrected chi connectivity index (χ2v) is 7.34. The highest BCUT2D eigenvalue weighted by molar-refractivity contribution is 5.91. The third-order valence-electron chi connectivity index (χ3n) is 4.81. The van der Waals surface area contributed by atoms with Crippen molar-refractivity contribution in [3.8, 4) is 0 Å². The van der Waals surface area contributed by atoms with Gasteiger partial charge in [0.1, 0.15) is 0 Å². The Hall–Kier alpha value is -2.66. The summed E-state index contributed by atoms with van der Waals surface area (Å²) in [5.74, 6) is -0.785. The molecule has 0 radical (unpaired) electrons. The Labute approximate surface area is 166 Å². The van der Waals surface area contributed by atoms with E-state index in [1.807, 2.05) is 38.1 Å². The van der Waals surface area contributed by atoms with E-state index in [4.69, 9.17) is 9.47 Å². The summed E-state index contributed by atoms with van der Waals surface area (Å²) in [6, 6.07) is 15.2. The molecule has 1 atom stereocenters. The molecule has 2 aromatic rings. The van der Waals surface area contributed by atoms with Crippen molar-refractivity contribution in [1.82, 2.24) is 5.32 Å². The summed E-state index contributed by atoms with van der Waals surface area (Å²) in [4.78, 5) is 24.4. The molecule has 1 N–H and O–H groups in total. The van der Waals surface area contributed by atoms with Crippen LogP contribution in [0.1, 0.15) is 59.8 Å². The SMILES string of the molecule is CC(C)OCc1ccc(C(=O)OCC(=O)N[C@H]2CCCc3ccccc32)cc1. The normalized spacial score (nSPS) is 15.8. The number of carbonyl (C=O) groups excluding carboxylic acids is 2. The van der Waals surface area contributed by atoms with Crippen molar-refractivity contribution < 1.29 is 19.1 Å². The maximum Gasteiger partial charge on any atom is 0.338 e. The third-order valence-corrected chi connectivity index (χ3v) is 4.81. The number of hydrogen-bond acceptors (Lipinski definition) is 4. The summed E-state index contributed by atoms with van der Waals surface area (Å²) in [5.41, 5.74) is 3.84. The molecule has 3 rings (SSSR count). The van der Waals surface area contributed by atoms with E-state index in [9.17, 15) is 9.59 Å². The van der Waals surface area contributed by atoms with Crippen LogP contribution in [0.4, 0.5) is 0 Å². The van der Waals surface area contributed by atoms with Crippen LogP contribution in [0.15, 0.2) is 48.5 Å². The van der Waals surface area contributed by atoms with Gasteiger partial charge in [0.15, 0.2) is 6.61 Å². The summed E-state index contributed by atoms with van der Waals surface area (Å²) in [6.45, 7) is 4.17. The lowest BCUT2D eigenvalue weighted by molar-refractivity contribution is -0.125. The standard InChI is InChI=1S/C23H27NO4/c1-16(2)27-14-17-10-12-19(13-11-17)23(26)28-15-22(25)24-21-9-5-7-18-6-3-4-8-20(18)21/h3-4,6,8,10-13,16,21H,5,7,9,14-15H2,1-2H3,(H,24,25)/t21-/m0/s1. The monoisotopic (exact) mass is 381 g/mol. The van der Waals surface area contributed by atoms with Crippen molar-refractivity contribution in [2.45, 2.75) is 51.9 Å². The maximum absolute atomic E-state index is 12.3. The second-order valence-electron chi connectivity index (χ2n) is 7.34. The molecule has 0 spiro atoms. The molecule has 0 saturated heterocycles. The topological polar surface area (TPSA) is 64.6 Å². The molecule has 0 fully saturated rings. The lowest BCUT2D eigenvalue weighted by Crippen LogP contribution is -2.34. The van der Waals surface area contributed by atoms with Gasteiger partial charge in [0.2, 0.25) is 0 Å². The van der Waals surface area contributed by atoms with Gasteiger partial charge in [-0.3, -0.25) is 4.79 Å². The van der Waals surface area contributed by atoms with Crippen LogP contribution in [0.3, 0.4) is 0 Å². The Morgan fingerprint density at radius 3 is 2.61 bits per heavy atom. The number of carbonyl (C=O) groups is 2. The van der Waals surface area contributed by atoms with Gasteiger partial charge in [-0.15, -0.1) is 0 Å². The zero-order chi connectivity index (χ0) is 19.9. The first-order valence-electron chi connectivity index (χ1n) is 9.78. The zero-order valence-corrected chi connectivity index (χ0v) is 16.4. The minimum Gasteiger partial charge on any atom is -0.452 e. The summed E-state index contributed by atoms with van der Waals surface area (Å²) >= 11 is 0. The maximum atomic E-state index is 12.3. The average Bonchev–Trinajstić information content (AvgIpc) is 2.71. The lowest BCUT2D eigenvalue weighted by atomic mass is 9.88. The van der Waals surface area contributed by atoms with Crippen molar-refractivity contribution in [1.29, 1.82) is 0 Å². The van der Waals surface area contributed by atoms with Gasteiger partial charge in [-0.2, -0.15) is 0 Å². The number of amides is 1. The minimum absolute atomic E-state index is 0.0172. The van der Waals surface area contributed by atoms with Crippen LogP contribution in [0.2, 0.25) is 0 Å². The van der Waals surface area contributed by atoms with E-state index in [0.717, 1.165) is 30.4 Å². The fourth-order valence-corrected chi connectivity index (χ4v) is 3.35. The molecule has 0 heterocycles. The molecule has 2 aromatic carbocycles. The van der Waals surface area contributed by atoms with Crippen LogP contribution < -0.4 is 5.32 Å². The van der Waals surface area contributed by atoms with Crippen molar-refractivity contribution in [2.75, 3.05) is 6.61 Å². The highest BCUT2D eigenvalue weighted by Crippen LogP contribution is 2.29. The molecule has 0 saturated carbocycles. The van der Waals surface area contributed by atoms with Crippen LogP contribution in [0.25, 0.3) is 0 Å². The van der Waals surface area contributed by atoms with Crippen LogP contribution >= 0.6 is 0 Å². The number of nitrogens with one attached hydrogen (secondary N) is 1. The average molecular weight is 381 g/mol. The Bertz CT molecular complexity index is 814. The highest BCUT2D eigenvalue weighted by Gasteiger charge is 2.21. The number of hydrogen-bond donors (Lipinski definition) is 1. The van der Waals surface area contributed by atoms with Gasteiger partial charge < -0.3 is 14.8 Å². The Kier molecular flexibility index (Phi) is 6.82. The molecule has 0 aromatic heterocycles. The highest BCUT2D eigenvalue weighted by atomic mass is 16.5. The zero-order valence-electron chi connectivity index (χ0n) is 16.4. The van der Waals surface area contributed by atoms with E-state index in [1.54, 1.807) is 12.1 Å². The van der Waals surface area contributed by atoms with Gasteiger partial charge in [-0.1, -0.05) is 36.4 Å². The van der Waals surface area contributed by atoms with Crippen LogP contribution in [-0.2, 0) is 27.3 Å². The van der Waals surface area contributed by atoms with E-state index in [1.165, 1.54) is 5.56 Å². The number of aryl methyl sites for hydroxylation is 1. The van der Waals surface area contributed by atoms with E-state index >= 15 is 0 Å². The Morgan fingerprint density at radius 1 is 1.11 bits per heavy atom. The Morgan fingerprint density at radius 2 is 1.86 bits per heavy atom. The smallest absolute Gasteiger partial charge is 0.338 e. The van der Waals surface area contributed by atoms with Crippen LogP contribution in [0.5, 0.6) is 0 Å². The summed E-state index contributed by atoms with van der Waals surface area (Å²) in [6.07, 6.45) is 3.13. The molecule has 0 aliphatic heterocycles. The van der Waals surface area contributed by atoms with Crippen molar-refractivity contribution in [2.24, 2.45) is 0 Å². The molecule has 5 nitrogen and oxygen atoms in total. The molecule has 1 amide bonds. The molecule has 148 valence electrons. The molecule has 1 aliphatic rings. The Balaban J connectivity index is 1.49. The van der Waals surface area contributed by atoms with E-state index in [2.05, 4.69) is 17.4 Å². The summed E-state index contributed by atoms with van der Waals surface area (Å²) in [7, 11) is 0. The van der Waals surface area contributed by atoms with E-state index in [-0.39, 0.29) is 24.7 Å². The number of fused-ring (bicyclic) bond motifs is 1. The van der Waals surface area contributed by atoms with Crippen LogP contribution in [-0.4, -0.2) is 24.6 Å². The predicted molar refractivity (Wildman–Crippen MR) is 107 cm³/mol. The molecular weight excluding hydrogens is 354 g/mol. The number of benzene rings is 2. The fraction of sp³-hybridized carbons (Fsp3) is 0.391. The summed E-state index contributed by atoms with van der Waals surface area (Å²) < 4.78 is 10.7. The molecular formula is C23H27NO4. The van der Waals surface area contributed by atoms with E-state index < -0.39 is 5.97 Å². The van der Waals surface area contributed by atoms with Gasteiger partial charge in [0.25, 0.3) is 5.91 Å². The van der Waals surface area contributed by atoms with Gasteiger partial charge in [0, 0.05) is 0 Å². The number of esters is 1. The number of ether oxygens (including phenoxy) is 2. The molecule has 0 unspecified atom stereocenters. The van der Waals surface area contributed by atoms with Gasteiger partial charge >= 0.3 is 5.97 Å². The predicted octanol–water partition coefficient (Wildman–Crippen LogP) is 3.96.